The first kappa shape index (κ1) is 35.8. The smallest absolute Gasteiger partial charge is 0.416 e. The highest BCUT2D eigenvalue weighted by molar-refractivity contribution is 7.85. The van der Waals surface area contributed by atoms with E-state index in [9.17, 15) is 35.8 Å². The van der Waals surface area contributed by atoms with Gasteiger partial charge in [0.1, 0.15) is 23.2 Å². The third-order valence-electron chi connectivity index (χ3n) is 8.11. The van der Waals surface area contributed by atoms with Gasteiger partial charge in [0.2, 0.25) is 0 Å². The van der Waals surface area contributed by atoms with Crippen molar-refractivity contribution in [1.82, 2.24) is 9.88 Å². The van der Waals surface area contributed by atoms with Crippen LogP contribution in [-0.4, -0.2) is 52.0 Å². The number of carboxylic acids is 1. The predicted molar refractivity (Wildman–Crippen MR) is 168 cm³/mol. The molecule has 5 rings (SSSR count). The monoisotopic (exact) mass is 708 g/mol. The van der Waals surface area contributed by atoms with Gasteiger partial charge < -0.3 is 19.9 Å². The number of aromatic nitrogens is 1. The third-order valence-corrected chi connectivity index (χ3v) is 9.63. The summed E-state index contributed by atoms with van der Waals surface area (Å²) >= 11 is 0. The van der Waals surface area contributed by atoms with Crippen molar-refractivity contribution in [3.8, 4) is 16.9 Å². The summed E-state index contributed by atoms with van der Waals surface area (Å²) in [5.74, 6) is -2.77. The first-order valence-corrected chi connectivity index (χ1v) is 16.2. The number of aliphatic carboxylic acids is 1. The van der Waals surface area contributed by atoms with Crippen LogP contribution in [0.5, 0.6) is 5.75 Å². The quantitative estimate of drug-likeness (QED) is 0.125. The van der Waals surface area contributed by atoms with Crippen molar-refractivity contribution in [3.05, 3.63) is 117 Å². The van der Waals surface area contributed by atoms with E-state index in [1.54, 1.807) is 30.3 Å². The second-order valence-electron chi connectivity index (χ2n) is 11.2. The lowest BCUT2D eigenvalue weighted by atomic mass is 9.92. The van der Waals surface area contributed by atoms with Crippen molar-refractivity contribution in [2.45, 2.75) is 43.2 Å². The average molecular weight is 709 g/mol. The van der Waals surface area contributed by atoms with Crippen molar-refractivity contribution < 1.29 is 49.9 Å². The topological polar surface area (TPSA) is 107 Å². The summed E-state index contributed by atoms with van der Waals surface area (Å²) < 4.78 is 109. The number of carboxylic acid groups (broad SMARTS) is 1. The van der Waals surface area contributed by atoms with Crippen molar-refractivity contribution in [2.75, 3.05) is 25.5 Å². The van der Waals surface area contributed by atoms with Gasteiger partial charge in [-0.1, -0.05) is 48.5 Å². The van der Waals surface area contributed by atoms with Crippen LogP contribution in [-0.2, 0) is 32.9 Å². The first-order chi connectivity index (χ1) is 23.3. The Kier molecular flexibility index (Phi) is 10.9. The maximum atomic E-state index is 15.2. The molecule has 0 fully saturated rings. The van der Waals surface area contributed by atoms with Gasteiger partial charge in [0.15, 0.2) is 0 Å². The Hall–Kier alpha value is -4.47. The van der Waals surface area contributed by atoms with Crippen molar-refractivity contribution >= 4 is 16.8 Å². The van der Waals surface area contributed by atoms with Gasteiger partial charge in [0.25, 0.3) is 5.56 Å². The molecule has 3 unspecified atom stereocenters. The summed E-state index contributed by atoms with van der Waals surface area (Å²) in [5, 5.41) is 12.0. The molecular formula is C34H30F6N2O6S. The summed E-state index contributed by atoms with van der Waals surface area (Å²) in [6.45, 7) is -2.24. The number of halogens is 6. The minimum Gasteiger partial charge on any atom is -0.480 e. The number of rotatable bonds is 13. The Labute approximate surface area is 278 Å². The van der Waals surface area contributed by atoms with Gasteiger partial charge >= 0.3 is 18.8 Å². The molecule has 2 heterocycles. The number of nitrogens with one attached hydrogen (secondary N) is 1. The number of carbonyl (C=O) groups is 1. The van der Waals surface area contributed by atoms with Gasteiger partial charge in [-0.15, -0.1) is 0 Å². The van der Waals surface area contributed by atoms with Gasteiger partial charge in [0, 0.05) is 18.5 Å². The number of hydrogen-bond donors (Lipinski definition) is 2. The van der Waals surface area contributed by atoms with Gasteiger partial charge in [0.05, 0.1) is 46.4 Å². The Morgan fingerprint density at radius 3 is 2.45 bits per heavy atom. The molecule has 3 atom stereocenters. The zero-order valence-electron chi connectivity index (χ0n) is 25.8. The van der Waals surface area contributed by atoms with Crippen LogP contribution in [0.15, 0.2) is 82.6 Å². The van der Waals surface area contributed by atoms with Crippen LogP contribution in [0.2, 0.25) is 0 Å². The van der Waals surface area contributed by atoms with Gasteiger partial charge in [-0.05, 0) is 53.4 Å². The summed E-state index contributed by atoms with van der Waals surface area (Å²) in [7, 11) is -1.97. The zero-order chi connectivity index (χ0) is 35.5. The summed E-state index contributed by atoms with van der Waals surface area (Å²) in [4.78, 5) is 25.4. The molecular weight excluding hydrogens is 678 g/mol. The minimum atomic E-state index is -4.93. The lowest BCUT2D eigenvalue weighted by Gasteiger charge is -2.28. The van der Waals surface area contributed by atoms with Gasteiger partial charge in [-0.3, -0.25) is 13.6 Å². The fourth-order valence-corrected chi connectivity index (χ4v) is 7.82. The molecule has 1 aliphatic heterocycles. The molecule has 0 radical (unpaired) electrons. The fourth-order valence-electron chi connectivity index (χ4n) is 6.07. The average Bonchev–Trinajstić information content (AvgIpc) is 3.38. The Bertz CT molecular complexity index is 1920. The number of alkyl halides is 5. The van der Waals surface area contributed by atoms with E-state index in [-0.39, 0.29) is 51.9 Å². The highest BCUT2D eigenvalue weighted by Gasteiger charge is 2.41. The second-order valence-corrected chi connectivity index (χ2v) is 12.6. The zero-order valence-corrected chi connectivity index (χ0v) is 26.6. The number of ether oxygens (including phenoxy) is 2. The van der Waals surface area contributed by atoms with E-state index in [1.807, 2.05) is 0 Å². The molecule has 0 aliphatic carbocycles. The number of benzene rings is 3. The maximum Gasteiger partial charge on any atom is 0.416 e. The van der Waals surface area contributed by atoms with E-state index >= 15 is 4.39 Å². The van der Waals surface area contributed by atoms with Crippen molar-refractivity contribution in [1.29, 1.82) is 0 Å². The van der Waals surface area contributed by atoms with Crippen molar-refractivity contribution in [3.63, 3.8) is 0 Å². The van der Waals surface area contributed by atoms with Crippen LogP contribution in [0.4, 0.5) is 26.3 Å². The summed E-state index contributed by atoms with van der Waals surface area (Å²) in [6, 6.07) is 14.8. The molecule has 1 aliphatic rings. The molecule has 15 heteroatoms. The SMILES string of the molecule is Cc1c(Cc2c(F)cccc2C(F)(F)F)c2n(c(=O)c1-c1cccc(OC(F)F)c1)C(C(NCCOCC(=O)O)c1ccccc1)CS2=O. The van der Waals surface area contributed by atoms with E-state index in [0.717, 1.165) is 18.2 Å². The minimum absolute atomic E-state index is 0.0165. The summed E-state index contributed by atoms with van der Waals surface area (Å²) in [5.41, 5.74) is -1.87. The van der Waals surface area contributed by atoms with Crippen LogP contribution in [0.1, 0.15) is 39.9 Å². The molecule has 0 spiro atoms. The first-order valence-electron chi connectivity index (χ1n) is 14.9. The molecule has 8 nitrogen and oxygen atoms in total. The lowest BCUT2D eigenvalue weighted by molar-refractivity contribution is -0.142. The fraction of sp³-hybridized carbons (Fsp3) is 0.294. The number of hydrogen-bond acceptors (Lipinski definition) is 6. The Morgan fingerprint density at radius 2 is 1.78 bits per heavy atom. The molecule has 0 saturated carbocycles. The molecule has 4 aromatic rings. The number of nitrogens with zero attached hydrogens (tertiary/aromatic N) is 1. The van der Waals surface area contributed by atoms with Crippen LogP contribution >= 0.6 is 0 Å². The van der Waals surface area contributed by atoms with E-state index in [1.165, 1.54) is 35.8 Å². The molecule has 49 heavy (non-hydrogen) atoms. The number of pyridine rings is 1. The van der Waals surface area contributed by atoms with Crippen LogP contribution in [0.3, 0.4) is 0 Å². The second kappa shape index (κ2) is 15.0. The highest BCUT2D eigenvalue weighted by atomic mass is 32.2. The van der Waals surface area contributed by atoms with Gasteiger partial charge in [-0.2, -0.15) is 22.0 Å². The van der Waals surface area contributed by atoms with Gasteiger partial charge in [-0.25, -0.2) is 9.18 Å². The van der Waals surface area contributed by atoms with Crippen LogP contribution < -0.4 is 15.6 Å². The Balaban J connectivity index is 1.73. The molecule has 2 N–H and O–H groups in total. The molecule has 0 bridgehead atoms. The lowest BCUT2D eigenvalue weighted by Crippen LogP contribution is -2.37. The maximum absolute atomic E-state index is 15.2. The van der Waals surface area contributed by atoms with Crippen LogP contribution in [0, 0.1) is 12.7 Å². The molecule has 1 aromatic heterocycles. The van der Waals surface area contributed by atoms with Crippen molar-refractivity contribution in [2.24, 2.45) is 0 Å². The largest absolute Gasteiger partial charge is 0.480 e. The Morgan fingerprint density at radius 1 is 1.06 bits per heavy atom. The van der Waals surface area contributed by atoms with E-state index in [4.69, 9.17) is 9.84 Å². The van der Waals surface area contributed by atoms with Crippen LogP contribution in [0.25, 0.3) is 11.1 Å². The third kappa shape index (κ3) is 7.89. The van der Waals surface area contributed by atoms with E-state index < -0.39 is 77.2 Å². The molecule has 0 amide bonds. The molecule has 260 valence electrons. The van der Waals surface area contributed by atoms with E-state index in [2.05, 4.69) is 10.1 Å². The summed E-state index contributed by atoms with van der Waals surface area (Å²) in [6.07, 6.45) is -5.62. The normalized spacial score (nSPS) is 16.5. The van der Waals surface area contributed by atoms with E-state index in [0.29, 0.717) is 5.56 Å². The standard InChI is InChI=1S/C34H30F6N2O6S/c1-19-23(16-24-25(34(38,39)40)11-6-12-26(24)35)32-42(31(45)29(19)21-9-5-10-22(15-21)48-33(36)37)27(18-49(32)46)30(20-7-3-2-4-8-20)41-13-14-47-17-28(43)44/h2-12,15,27,30,33,41H,13-14,16-18H2,1H3,(H,43,44). The predicted octanol–water partition coefficient (Wildman–Crippen LogP) is 6.27. The molecule has 3 aromatic carbocycles. The molecule has 0 saturated heterocycles. The highest BCUT2D eigenvalue weighted by Crippen LogP contribution is 2.41. The number of fused-ring (bicyclic) bond motifs is 1.